The highest BCUT2D eigenvalue weighted by molar-refractivity contribution is 6.32. The number of ketones is 1. The third-order valence-electron chi connectivity index (χ3n) is 4.35. The molecule has 0 saturated carbocycles. The first-order chi connectivity index (χ1) is 12.9. The van der Waals surface area contributed by atoms with Crippen LogP contribution in [0.25, 0.3) is 0 Å². The van der Waals surface area contributed by atoms with E-state index in [0.29, 0.717) is 33.4 Å². The maximum absolute atomic E-state index is 12.6. The number of halogens is 1. The third kappa shape index (κ3) is 4.01. The Labute approximate surface area is 161 Å². The molecule has 142 valence electrons. The molecule has 27 heavy (non-hydrogen) atoms. The van der Waals surface area contributed by atoms with Gasteiger partial charge in [-0.05, 0) is 30.7 Å². The largest absolute Gasteiger partial charge is 0.496 e. The minimum atomic E-state index is -0.958. The number of benzene rings is 2. The second kappa shape index (κ2) is 7.88. The van der Waals surface area contributed by atoms with E-state index >= 15 is 0 Å². The van der Waals surface area contributed by atoms with Gasteiger partial charge in [0, 0.05) is 11.6 Å². The smallest absolute Gasteiger partial charge is 0.306 e. The van der Waals surface area contributed by atoms with Gasteiger partial charge in [-0.3, -0.25) is 9.59 Å². The van der Waals surface area contributed by atoms with Gasteiger partial charge in [0.25, 0.3) is 0 Å². The fourth-order valence-electron chi connectivity index (χ4n) is 3.02. The van der Waals surface area contributed by atoms with Crippen molar-refractivity contribution in [2.24, 2.45) is 0 Å². The second-order valence-electron chi connectivity index (χ2n) is 6.20. The summed E-state index contributed by atoms with van der Waals surface area (Å²) in [6.45, 7) is 1.86. The van der Waals surface area contributed by atoms with E-state index in [1.165, 1.54) is 0 Å². The van der Waals surface area contributed by atoms with E-state index in [-0.39, 0.29) is 25.2 Å². The first-order valence-electron chi connectivity index (χ1n) is 8.42. The number of carboxylic acids is 1. The first kappa shape index (κ1) is 19.0. The number of hydrogen-bond acceptors (Lipinski definition) is 5. The van der Waals surface area contributed by atoms with Crippen LogP contribution in [-0.2, 0) is 4.79 Å². The van der Waals surface area contributed by atoms with Crippen molar-refractivity contribution in [2.45, 2.75) is 25.9 Å². The molecule has 0 amide bonds. The van der Waals surface area contributed by atoms with E-state index in [9.17, 15) is 9.59 Å². The maximum Gasteiger partial charge on any atom is 0.306 e. The molecule has 1 heterocycles. The topological polar surface area (TPSA) is 82.1 Å². The zero-order chi connectivity index (χ0) is 19.6. The highest BCUT2D eigenvalue weighted by Gasteiger charge is 2.31. The molecule has 3 rings (SSSR count). The minimum Gasteiger partial charge on any atom is -0.496 e. The summed E-state index contributed by atoms with van der Waals surface area (Å²) >= 11 is 6.20. The number of fused-ring (bicyclic) bond motifs is 1. The van der Waals surface area contributed by atoms with Gasteiger partial charge in [-0.2, -0.15) is 0 Å². The van der Waals surface area contributed by atoms with Crippen LogP contribution >= 0.6 is 11.6 Å². The molecule has 0 spiro atoms. The number of hydrogen-bond donors (Lipinski definition) is 1. The molecule has 1 aliphatic heterocycles. The van der Waals surface area contributed by atoms with Crippen LogP contribution < -0.4 is 14.2 Å². The van der Waals surface area contributed by atoms with Crippen LogP contribution in [0.4, 0.5) is 0 Å². The molecule has 2 aromatic carbocycles. The maximum atomic E-state index is 12.6. The lowest BCUT2D eigenvalue weighted by Gasteiger charge is -2.28. The Hall–Kier alpha value is -2.73. The molecule has 7 heteroatoms. The molecule has 0 saturated heterocycles. The van der Waals surface area contributed by atoms with Gasteiger partial charge in [-0.25, -0.2) is 0 Å². The van der Waals surface area contributed by atoms with E-state index in [4.69, 9.17) is 30.9 Å². The predicted molar refractivity (Wildman–Crippen MR) is 99.2 cm³/mol. The van der Waals surface area contributed by atoms with Gasteiger partial charge in [-0.15, -0.1) is 0 Å². The number of aryl methyl sites for hydroxylation is 1. The van der Waals surface area contributed by atoms with Gasteiger partial charge in [-0.1, -0.05) is 17.7 Å². The average Bonchev–Trinajstić information content (AvgIpc) is 2.63. The van der Waals surface area contributed by atoms with Crippen molar-refractivity contribution >= 4 is 23.4 Å². The van der Waals surface area contributed by atoms with E-state index in [1.807, 2.05) is 13.0 Å². The number of carboxylic acid groups (broad SMARTS) is 1. The van der Waals surface area contributed by atoms with Gasteiger partial charge in [0.2, 0.25) is 0 Å². The predicted octanol–water partition coefficient (Wildman–Crippen LogP) is 4.22. The fraction of sp³-hybridized carbons (Fsp3) is 0.300. The van der Waals surface area contributed by atoms with Crippen LogP contribution in [0.5, 0.6) is 17.2 Å². The summed E-state index contributed by atoms with van der Waals surface area (Å²) in [5, 5.41) is 9.21. The molecule has 1 aliphatic rings. The first-order valence-corrected chi connectivity index (χ1v) is 8.80. The molecular weight excluding hydrogens is 372 g/mol. The fourth-order valence-corrected chi connectivity index (χ4v) is 3.24. The number of ether oxygens (including phenoxy) is 3. The monoisotopic (exact) mass is 390 g/mol. The zero-order valence-corrected chi connectivity index (χ0v) is 15.7. The number of para-hydroxylation sites is 1. The molecule has 1 N–H and O–H groups in total. The molecule has 0 radical (unpaired) electrons. The Morgan fingerprint density at radius 3 is 2.81 bits per heavy atom. The summed E-state index contributed by atoms with van der Waals surface area (Å²) in [6.07, 6.45) is -0.599. The number of aliphatic carboxylic acids is 1. The van der Waals surface area contributed by atoms with Gasteiger partial charge in [0.15, 0.2) is 5.78 Å². The van der Waals surface area contributed by atoms with Crippen LogP contribution in [0.2, 0.25) is 5.02 Å². The molecule has 0 aliphatic carbocycles. The van der Waals surface area contributed by atoms with E-state index in [2.05, 4.69) is 0 Å². The summed E-state index contributed by atoms with van der Waals surface area (Å²) in [4.78, 5) is 23.3. The lowest BCUT2D eigenvalue weighted by atomic mass is 9.94. The van der Waals surface area contributed by atoms with Crippen molar-refractivity contribution < 1.29 is 28.9 Å². The van der Waals surface area contributed by atoms with Crippen molar-refractivity contribution in [2.75, 3.05) is 13.7 Å². The Bertz CT molecular complexity index is 892. The Morgan fingerprint density at radius 2 is 2.11 bits per heavy atom. The molecule has 0 bridgehead atoms. The standard InChI is InChI=1S/C20H19ClO6/c1-11-8-13(17(10-16(11)25-2)26-7-6-19(23)24)18-9-15(22)12-4-3-5-14(21)20(12)27-18/h3-5,8,10,18H,6-7,9H2,1-2H3,(H,23,24). The normalized spacial score (nSPS) is 15.7. The van der Waals surface area contributed by atoms with Crippen molar-refractivity contribution in [1.82, 2.24) is 0 Å². The number of rotatable bonds is 6. The number of Topliss-reactive ketones (excluding diaryl/α,β-unsaturated/α-hetero) is 1. The van der Waals surface area contributed by atoms with Gasteiger partial charge >= 0.3 is 5.97 Å². The summed E-state index contributed by atoms with van der Waals surface area (Å²) in [6, 6.07) is 8.57. The molecular formula is C20H19ClO6. The molecule has 6 nitrogen and oxygen atoms in total. The molecule has 0 aromatic heterocycles. The summed E-state index contributed by atoms with van der Waals surface area (Å²) in [7, 11) is 1.54. The summed E-state index contributed by atoms with van der Waals surface area (Å²) < 4.78 is 17.0. The van der Waals surface area contributed by atoms with Crippen LogP contribution in [0.3, 0.4) is 0 Å². The van der Waals surface area contributed by atoms with Crippen LogP contribution in [-0.4, -0.2) is 30.6 Å². The zero-order valence-electron chi connectivity index (χ0n) is 15.0. The van der Waals surface area contributed by atoms with Crippen molar-refractivity contribution in [3.63, 3.8) is 0 Å². The van der Waals surface area contributed by atoms with E-state index < -0.39 is 12.1 Å². The van der Waals surface area contributed by atoms with Crippen LogP contribution in [0.1, 0.15) is 40.4 Å². The highest BCUT2D eigenvalue weighted by Crippen LogP contribution is 2.43. The Balaban J connectivity index is 1.97. The lowest BCUT2D eigenvalue weighted by molar-refractivity contribution is -0.137. The molecule has 1 atom stereocenters. The third-order valence-corrected chi connectivity index (χ3v) is 4.64. The second-order valence-corrected chi connectivity index (χ2v) is 6.61. The van der Waals surface area contributed by atoms with Gasteiger partial charge < -0.3 is 19.3 Å². The quantitative estimate of drug-likeness (QED) is 0.795. The van der Waals surface area contributed by atoms with Crippen LogP contribution in [0.15, 0.2) is 30.3 Å². The van der Waals surface area contributed by atoms with Crippen molar-refractivity contribution in [3.05, 3.63) is 52.0 Å². The van der Waals surface area contributed by atoms with E-state index in [0.717, 1.165) is 5.56 Å². The lowest BCUT2D eigenvalue weighted by Crippen LogP contribution is -2.21. The summed E-state index contributed by atoms with van der Waals surface area (Å²) in [5.41, 5.74) is 1.95. The van der Waals surface area contributed by atoms with Gasteiger partial charge in [0.1, 0.15) is 23.4 Å². The minimum absolute atomic E-state index is 0.00738. The Morgan fingerprint density at radius 1 is 1.33 bits per heavy atom. The number of methoxy groups -OCH3 is 1. The van der Waals surface area contributed by atoms with Crippen molar-refractivity contribution in [3.8, 4) is 17.2 Å². The van der Waals surface area contributed by atoms with E-state index in [1.54, 1.807) is 31.4 Å². The summed E-state index contributed by atoms with van der Waals surface area (Å²) in [5.74, 6) is 0.344. The number of carbonyl (C=O) groups excluding carboxylic acids is 1. The van der Waals surface area contributed by atoms with Crippen LogP contribution in [0, 0.1) is 6.92 Å². The highest BCUT2D eigenvalue weighted by atomic mass is 35.5. The van der Waals surface area contributed by atoms with Crippen molar-refractivity contribution in [1.29, 1.82) is 0 Å². The molecule has 1 unspecified atom stereocenters. The molecule has 2 aromatic rings. The Kier molecular flexibility index (Phi) is 5.56. The SMILES string of the molecule is COc1cc(OCCC(=O)O)c(C2CC(=O)c3cccc(Cl)c3O2)cc1C. The number of carbonyl (C=O) groups is 2. The average molecular weight is 391 g/mol. The van der Waals surface area contributed by atoms with Gasteiger partial charge in [0.05, 0.1) is 37.1 Å². The molecule has 0 fully saturated rings.